The van der Waals surface area contributed by atoms with Crippen LogP contribution < -0.4 is 4.74 Å². The molecule has 0 spiro atoms. The number of rotatable bonds is 4. The highest BCUT2D eigenvalue weighted by atomic mass is 19.1. The van der Waals surface area contributed by atoms with Crippen LogP contribution in [0.4, 0.5) is 4.39 Å². The number of aliphatic hydroxyl groups excluding tert-OH is 1. The van der Waals surface area contributed by atoms with E-state index in [1.807, 2.05) is 0 Å². The van der Waals surface area contributed by atoms with Crippen LogP contribution in [0, 0.1) is 17.7 Å². The number of benzene rings is 1. The molecule has 1 aromatic heterocycles. The summed E-state index contributed by atoms with van der Waals surface area (Å²) in [7, 11) is 0. The minimum atomic E-state index is -0.387. The van der Waals surface area contributed by atoms with Crippen LogP contribution in [0.5, 0.6) is 5.75 Å². The minimum Gasteiger partial charge on any atom is -0.484 e. The van der Waals surface area contributed by atoms with E-state index in [2.05, 4.69) is 21.8 Å². The lowest BCUT2D eigenvalue weighted by Crippen LogP contribution is -2.01. The Bertz CT molecular complexity index is 621. The normalized spacial score (nSPS) is 9.70. The van der Waals surface area contributed by atoms with Gasteiger partial charge in [-0.3, -0.25) is 0 Å². The van der Waals surface area contributed by atoms with Crippen LogP contribution in [0.3, 0.4) is 0 Å². The number of aromatic nitrogens is 2. The molecule has 102 valence electrons. The van der Waals surface area contributed by atoms with Gasteiger partial charge in [0.15, 0.2) is 5.82 Å². The van der Waals surface area contributed by atoms with Gasteiger partial charge in [-0.15, -0.1) is 0 Å². The Hall–Kier alpha value is -2.45. The number of ether oxygens (including phenoxy) is 1. The van der Waals surface area contributed by atoms with Crippen molar-refractivity contribution in [2.45, 2.75) is 13.0 Å². The first-order chi connectivity index (χ1) is 9.79. The topological polar surface area (TPSA) is 55.2 Å². The fourth-order valence-electron chi connectivity index (χ4n) is 1.49. The van der Waals surface area contributed by atoms with Gasteiger partial charge in [-0.25, -0.2) is 14.4 Å². The van der Waals surface area contributed by atoms with Gasteiger partial charge in [-0.2, -0.15) is 0 Å². The molecule has 4 nitrogen and oxygen atoms in total. The third kappa shape index (κ3) is 4.04. The van der Waals surface area contributed by atoms with E-state index >= 15 is 0 Å². The molecule has 0 saturated carbocycles. The second-order valence-electron chi connectivity index (χ2n) is 3.87. The van der Waals surface area contributed by atoms with Crippen LogP contribution in [0.25, 0.3) is 0 Å². The number of aliphatic hydroxyl groups is 1. The van der Waals surface area contributed by atoms with Gasteiger partial charge in [0.2, 0.25) is 0 Å². The third-order valence-electron chi connectivity index (χ3n) is 2.38. The largest absolute Gasteiger partial charge is 0.484 e. The fraction of sp³-hybridized carbons (Fsp3) is 0.200. The van der Waals surface area contributed by atoms with Crippen molar-refractivity contribution >= 4 is 0 Å². The molecule has 1 aromatic carbocycles. The van der Waals surface area contributed by atoms with E-state index < -0.39 is 0 Å². The molecular formula is C15H13FN2O2. The van der Waals surface area contributed by atoms with Crippen LogP contribution in [0.15, 0.2) is 36.7 Å². The highest BCUT2D eigenvalue weighted by Crippen LogP contribution is 2.19. The maximum atomic E-state index is 13.2. The minimum absolute atomic E-state index is 0.0314. The molecule has 1 heterocycles. The lowest BCUT2D eigenvalue weighted by Gasteiger charge is -2.07. The van der Waals surface area contributed by atoms with Crippen molar-refractivity contribution in [3.05, 3.63) is 53.9 Å². The van der Waals surface area contributed by atoms with Crippen molar-refractivity contribution in [3.63, 3.8) is 0 Å². The Labute approximate surface area is 116 Å². The van der Waals surface area contributed by atoms with Crippen molar-refractivity contribution in [3.8, 4) is 17.6 Å². The first-order valence-electron chi connectivity index (χ1n) is 6.07. The highest BCUT2D eigenvalue weighted by molar-refractivity contribution is 5.46. The summed E-state index contributed by atoms with van der Waals surface area (Å²) in [5.74, 6) is 6.12. The molecule has 0 radical (unpaired) electrons. The van der Waals surface area contributed by atoms with Crippen LogP contribution in [-0.4, -0.2) is 21.7 Å². The summed E-state index contributed by atoms with van der Waals surface area (Å²) in [4.78, 5) is 8.07. The number of halogens is 1. The van der Waals surface area contributed by atoms with Gasteiger partial charge in [0.1, 0.15) is 18.2 Å². The first-order valence-corrected chi connectivity index (χ1v) is 6.07. The Balaban J connectivity index is 2.13. The summed E-state index contributed by atoms with van der Waals surface area (Å²) in [5, 5.41) is 8.70. The predicted octanol–water partition coefficient (Wildman–Crippen LogP) is 1.93. The monoisotopic (exact) mass is 272 g/mol. The smallest absolute Gasteiger partial charge is 0.166 e. The van der Waals surface area contributed by atoms with Crippen LogP contribution >= 0.6 is 0 Å². The van der Waals surface area contributed by atoms with Crippen molar-refractivity contribution in [1.29, 1.82) is 0 Å². The zero-order valence-corrected chi connectivity index (χ0v) is 10.7. The quantitative estimate of drug-likeness (QED) is 0.864. The lowest BCUT2D eigenvalue weighted by atomic mass is 10.2. The van der Waals surface area contributed by atoms with E-state index in [4.69, 9.17) is 9.84 Å². The summed E-state index contributed by atoms with van der Waals surface area (Å²) >= 11 is 0. The maximum Gasteiger partial charge on any atom is 0.166 e. The Morgan fingerprint density at radius 3 is 2.80 bits per heavy atom. The van der Waals surface area contributed by atoms with Crippen LogP contribution in [-0.2, 0) is 6.61 Å². The zero-order valence-electron chi connectivity index (χ0n) is 10.7. The molecule has 0 fully saturated rings. The Morgan fingerprint density at radius 2 is 2.05 bits per heavy atom. The summed E-state index contributed by atoms with van der Waals surface area (Å²) < 4.78 is 18.8. The molecule has 0 aliphatic carbocycles. The van der Waals surface area contributed by atoms with Crippen LogP contribution in [0.1, 0.15) is 17.8 Å². The van der Waals surface area contributed by atoms with Gasteiger partial charge in [-0.1, -0.05) is 11.8 Å². The second-order valence-corrected chi connectivity index (χ2v) is 3.87. The molecule has 20 heavy (non-hydrogen) atoms. The summed E-state index contributed by atoms with van der Waals surface area (Å²) in [6.45, 7) is 0.150. The van der Waals surface area contributed by atoms with Crippen molar-refractivity contribution < 1.29 is 14.2 Å². The molecule has 5 heteroatoms. The molecule has 0 aliphatic rings. The molecule has 0 saturated heterocycles. The molecule has 0 unspecified atom stereocenters. The average Bonchev–Trinajstić information content (AvgIpc) is 2.48. The molecule has 2 rings (SSSR count). The van der Waals surface area contributed by atoms with Gasteiger partial charge >= 0.3 is 0 Å². The van der Waals surface area contributed by atoms with E-state index in [9.17, 15) is 4.39 Å². The summed E-state index contributed by atoms with van der Waals surface area (Å²) in [5.41, 5.74) is 0.439. The Kier molecular flexibility index (Phi) is 5.04. The van der Waals surface area contributed by atoms with E-state index in [1.165, 1.54) is 18.2 Å². The average molecular weight is 272 g/mol. The number of hydrogen-bond donors (Lipinski definition) is 1. The SMILES string of the molecule is OCCC#Cc1cc(F)ccc1OCc1ncccn1. The number of nitrogens with zero attached hydrogens (tertiary/aromatic N) is 2. The molecule has 2 aromatic rings. The summed E-state index contributed by atoms with van der Waals surface area (Å²) in [6, 6.07) is 5.83. The number of hydrogen-bond acceptors (Lipinski definition) is 4. The van der Waals surface area contributed by atoms with Gasteiger partial charge in [0.25, 0.3) is 0 Å². The molecule has 0 atom stereocenters. The summed E-state index contributed by atoms with van der Waals surface area (Å²) in [6.07, 6.45) is 3.58. The van der Waals surface area contributed by atoms with Crippen molar-refractivity contribution in [2.75, 3.05) is 6.61 Å². The van der Waals surface area contributed by atoms with Crippen molar-refractivity contribution in [2.24, 2.45) is 0 Å². The second kappa shape index (κ2) is 7.22. The van der Waals surface area contributed by atoms with Gasteiger partial charge in [-0.05, 0) is 24.3 Å². The van der Waals surface area contributed by atoms with Gasteiger partial charge < -0.3 is 9.84 Å². The van der Waals surface area contributed by atoms with E-state index in [-0.39, 0.29) is 19.0 Å². The first kappa shape index (κ1) is 14.0. The lowest BCUT2D eigenvalue weighted by molar-refractivity contribution is 0.294. The van der Waals surface area contributed by atoms with Gasteiger partial charge in [0, 0.05) is 18.8 Å². The zero-order chi connectivity index (χ0) is 14.2. The molecule has 0 bridgehead atoms. The van der Waals surface area contributed by atoms with Crippen molar-refractivity contribution in [1.82, 2.24) is 9.97 Å². The maximum absolute atomic E-state index is 13.2. The predicted molar refractivity (Wildman–Crippen MR) is 71.3 cm³/mol. The Morgan fingerprint density at radius 1 is 1.25 bits per heavy atom. The molecule has 1 N–H and O–H groups in total. The van der Waals surface area contributed by atoms with Crippen LogP contribution in [0.2, 0.25) is 0 Å². The van der Waals surface area contributed by atoms with E-state index in [0.717, 1.165) is 0 Å². The molecule has 0 amide bonds. The third-order valence-corrected chi connectivity index (χ3v) is 2.38. The van der Waals surface area contributed by atoms with Gasteiger partial charge in [0.05, 0.1) is 12.2 Å². The van der Waals surface area contributed by atoms with E-state index in [1.54, 1.807) is 18.5 Å². The van der Waals surface area contributed by atoms with E-state index in [0.29, 0.717) is 23.6 Å². The standard InChI is InChI=1S/C15H13FN2O2/c16-13-5-6-14(12(10-13)4-1-2-9-19)20-11-15-17-7-3-8-18-15/h3,5-8,10,19H,2,9,11H2. The highest BCUT2D eigenvalue weighted by Gasteiger charge is 2.04. The molecular weight excluding hydrogens is 259 g/mol. The fourth-order valence-corrected chi connectivity index (χ4v) is 1.49. The molecule has 0 aliphatic heterocycles.